The van der Waals surface area contributed by atoms with E-state index >= 15 is 0 Å². The number of fused-ring (bicyclic) bond motifs is 1. The molecule has 1 aromatic heterocycles. The van der Waals surface area contributed by atoms with E-state index in [1.807, 2.05) is 31.3 Å². The van der Waals surface area contributed by atoms with Gasteiger partial charge in [0.1, 0.15) is 5.75 Å². The standard InChI is InChI=1S/C17H24N2O3/c1-3-6-16(20)22-12-21-15-8-5-7-14-17(15)13(11-19-14)9-10-18-4-2/h5,7-8,11,18-19H,3-4,6,9-10,12H2,1-2H3. The summed E-state index contributed by atoms with van der Waals surface area (Å²) < 4.78 is 10.7. The number of hydrogen-bond donors (Lipinski definition) is 2. The van der Waals surface area contributed by atoms with Crippen molar-refractivity contribution in [1.82, 2.24) is 10.3 Å². The summed E-state index contributed by atoms with van der Waals surface area (Å²) in [7, 11) is 0. The van der Waals surface area contributed by atoms with Crippen molar-refractivity contribution in [2.24, 2.45) is 0 Å². The third kappa shape index (κ3) is 4.24. The number of aromatic amines is 1. The minimum Gasteiger partial charge on any atom is -0.457 e. The van der Waals surface area contributed by atoms with E-state index in [4.69, 9.17) is 9.47 Å². The smallest absolute Gasteiger partial charge is 0.308 e. The number of rotatable bonds is 9. The van der Waals surface area contributed by atoms with Gasteiger partial charge < -0.3 is 19.8 Å². The summed E-state index contributed by atoms with van der Waals surface area (Å²) in [6.45, 7) is 5.87. The SMILES string of the molecule is CCCC(=O)OCOc1cccc2[nH]cc(CCNCC)c12. The third-order valence-corrected chi connectivity index (χ3v) is 3.46. The fourth-order valence-corrected chi connectivity index (χ4v) is 2.37. The average Bonchev–Trinajstić information content (AvgIpc) is 2.92. The highest BCUT2D eigenvalue weighted by molar-refractivity contribution is 5.89. The average molecular weight is 304 g/mol. The van der Waals surface area contributed by atoms with Crippen LogP contribution in [0.25, 0.3) is 10.9 Å². The molecular weight excluding hydrogens is 280 g/mol. The molecule has 0 aliphatic heterocycles. The number of hydrogen-bond acceptors (Lipinski definition) is 4. The molecule has 0 unspecified atom stereocenters. The summed E-state index contributed by atoms with van der Waals surface area (Å²) in [4.78, 5) is 14.6. The van der Waals surface area contributed by atoms with Crippen molar-refractivity contribution in [3.8, 4) is 5.75 Å². The number of ether oxygens (including phenoxy) is 2. The fourth-order valence-electron chi connectivity index (χ4n) is 2.37. The lowest BCUT2D eigenvalue weighted by Gasteiger charge is -2.09. The molecule has 0 saturated heterocycles. The highest BCUT2D eigenvalue weighted by atomic mass is 16.7. The van der Waals surface area contributed by atoms with Gasteiger partial charge in [-0.05, 0) is 43.6 Å². The minimum atomic E-state index is -0.226. The van der Waals surface area contributed by atoms with Gasteiger partial charge >= 0.3 is 5.97 Å². The molecule has 0 aliphatic carbocycles. The van der Waals surface area contributed by atoms with Crippen molar-refractivity contribution in [2.75, 3.05) is 19.9 Å². The predicted octanol–water partition coefficient (Wildman–Crippen LogP) is 3.00. The molecule has 120 valence electrons. The Morgan fingerprint density at radius 1 is 1.32 bits per heavy atom. The first-order chi connectivity index (χ1) is 10.8. The summed E-state index contributed by atoms with van der Waals surface area (Å²) in [5, 5.41) is 4.38. The quantitative estimate of drug-likeness (QED) is 0.425. The number of benzene rings is 1. The highest BCUT2D eigenvalue weighted by Crippen LogP contribution is 2.29. The number of nitrogens with one attached hydrogen (secondary N) is 2. The van der Waals surface area contributed by atoms with Crippen molar-refractivity contribution < 1.29 is 14.3 Å². The summed E-state index contributed by atoms with van der Waals surface area (Å²) in [5.74, 6) is 0.519. The lowest BCUT2D eigenvalue weighted by atomic mass is 10.1. The van der Waals surface area contributed by atoms with Crippen LogP contribution in [-0.2, 0) is 16.0 Å². The van der Waals surface area contributed by atoms with E-state index in [1.165, 1.54) is 5.56 Å². The Morgan fingerprint density at radius 2 is 2.18 bits per heavy atom. The molecule has 0 fully saturated rings. The van der Waals surface area contributed by atoms with Gasteiger partial charge in [0.15, 0.2) is 0 Å². The molecule has 1 heterocycles. The molecule has 2 N–H and O–H groups in total. The molecule has 0 bridgehead atoms. The van der Waals surface area contributed by atoms with Crippen molar-refractivity contribution in [3.63, 3.8) is 0 Å². The van der Waals surface area contributed by atoms with E-state index in [-0.39, 0.29) is 12.8 Å². The van der Waals surface area contributed by atoms with Gasteiger partial charge in [-0.2, -0.15) is 0 Å². The maximum Gasteiger partial charge on any atom is 0.308 e. The first-order valence-corrected chi connectivity index (χ1v) is 7.84. The molecular formula is C17H24N2O3. The predicted molar refractivity (Wildman–Crippen MR) is 87.0 cm³/mol. The minimum absolute atomic E-state index is 0.0459. The van der Waals surface area contributed by atoms with Gasteiger partial charge in [0.2, 0.25) is 6.79 Å². The number of H-pyrrole nitrogens is 1. The van der Waals surface area contributed by atoms with E-state index in [0.717, 1.165) is 42.6 Å². The second-order valence-corrected chi connectivity index (χ2v) is 5.12. The van der Waals surface area contributed by atoms with Crippen LogP contribution in [0.5, 0.6) is 5.75 Å². The first-order valence-electron chi connectivity index (χ1n) is 7.84. The Morgan fingerprint density at radius 3 is 2.95 bits per heavy atom. The lowest BCUT2D eigenvalue weighted by Crippen LogP contribution is -2.16. The van der Waals surface area contributed by atoms with Gasteiger partial charge in [-0.15, -0.1) is 0 Å². The van der Waals surface area contributed by atoms with E-state index in [1.54, 1.807) is 0 Å². The molecule has 1 aromatic carbocycles. The molecule has 0 saturated carbocycles. The van der Waals surface area contributed by atoms with Crippen LogP contribution in [0.2, 0.25) is 0 Å². The summed E-state index contributed by atoms with van der Waals surface area (Å²) in [5.41, 5.74) is 2.23. The van der Waals surface area contributed by atoms with Crippen LogP contribution in [0.1, 0.15) is 32.3 Å². The van der Waals surface area contributed by atoms with E-state index in [2.05, 4.69) is 17.2 Å². The Bertz CT molecular complexity index is 607. The van der Waals surface area contributed by atoms with Crippen LogP contribution in [-0.4, -0.2) is 30.8 Å². The topological polar surface area (TPSA) is 63.4 Å². The Kier molecular flexibility index (Phi) is 6.27. The fraction of sp³-hybridized carbons (Fsp3) is 0.471. The Hall–Kier alpha value is -2.01. The van der Waals surface area contributed by atoms with Crippen LogP contribution in [0, 0.1) is 0 Å². The number of carbonyl (C=O) groups is 1. The summed E-state index contributed by atoms with van der Waals surface area (Å²) in [6, 6.07) is 5.85. The second kappa shape index (κ2) is 8.44. The van der Waals surface area contributed by atoms with Crippen molar-refractivity contribution >= 4 is 16.9 Å². The lowest BCUT2D eigenvalue weighted by molar-refractivity contribution is -0.150. The molecule has 5 nitrogen and oxygen atoms in total. The van der Waals surface area contributed by atoms with Crippen LogP contribution in [0.3, 0.4) is 0 Å². The summed E-state index contributed by atoms with van der Waals surface area (Å²) in [6.07, 6.45) is 4.13. The zero-order valence-electron chi connectivity index (χ0n) is 13.3. The first kappa shape index (κ1) is 16.4. The monoisotopic (exact) mass is 304 g/mol. The highest BCUT2D eigenvalue weighted by Gasteiger charge is 2.10. The molecule has 2 aromatic rings. The normalized spacial score (nSPS) is 10.8. The maximum absolute atomic E-state index is 11.4. The zero-order chi connectivity index (χ0) is 15.8. The van der Waals surface area contributed by atoms with Crippen molar-refractivity contribution in [3.05, 3.63) is 30.0 Å². The Labute approximate surface area is 131 Å². The maximum atomic E-state index is 11.4. The summed E-state index contributed by atoms with van der Waals surface area (Å²) >= 11 is 0. The molecule has 0 spiro atoms. The zero-order valence-corrected chi connectivity index (χ0v) is 13.3. The van der Waals surface area contributed by atoms with Gasteiger partial charge in [-0.25, -0.2) is 0 Å². The van der Waals surface area contributed by atoms with Crippen LogP contribution < -0.4 is 10.1 Å². The molecule has 2 rings (SSSR count). The van der Waals surface area contributed by atoms with Crippen LogP contribution >= 0.6 is 0 Å². The van der Waals surface area contributed by atoms with Crippen molar-refractivity contribution in [2.45, 2.75) is 33.1 Å². The number of likely N-dealkylation sites (N-methyl/N-ethyl adjacent to an activating group) is 1. The number of esters is 1. The largest absolute Gasteiger partial charge is 0.457 e. The molecule has 0 aliphatic rings. The number of carbonyl (C=O) groups excluding carboxylic acids is 1. The molecule has 22 heavy (non-hydrogen) atoms. The van der Waals surface area contributed by atoms with Gasteiger partial charge in [0.05, 0.1) is 0 Å². The van der Waals surface area contributed by atoms with E-state index in [0.29, 0.717) is 6.42 Å². The van der Waals surface area contributed by atoms with Crippen LogP contribution in [0.15, 0.2) is 24.4 Å². The molecule has 0 atom stereocenters. The Balaban J connectivity index is 2.05. The van der Waals surface area contributed by atoms with Gasteiger partial charge in [-0.1, -0.05) is 19.9 Å². The van der Waals surface area contributed by atoms with Crippen LogP contribution in [0.4, 0.5) is 0 Å². The molecule has 0 radical (unpaired) electrons. The number of aromatic nitrogens is 1. The van der Waals surface area contributed by atoms with Crippen molar-refractivity contribution in [1.29, 1.82) is 0 Å². The van der Waals surface area contributed by atoms with E-state index in [9.17, 15) is 4.79 Å². The molecule has 0 amide bonds. The second-order valence-electron chi connectivity index (χ2n) is 5.12. The van der Waals surface area contributed by atoms with E-state index < -0.39 is 0 Å². The van der Waals surface area contributed by atoms with Gasteiger partial charge in [0.25, 0.3) is 0 Å². The van der Waals surface area contributed by atoms with Gasteiger partial charge in [-0.3, -0.25) is 4.79 Å². The molecule has 5 heteroatoms. The van der Waals surface area contributed by atoms with Gasteiger partial charge in [0, 0.05) is 23.5 Å². The third-order valence-electron chi connectivity index (χ3n) is 3.46.